The monoisotopic (exact) mass is 362 g/mol. The van der Waals surface area contributed by atoms with Crippen molar-refractivity contribution in [1.82, 2.24) is 9.55 Å². The Morgan fingerprint density at radius 2 is 2.00 bits per heavy atom. The second-order valence-electron chi connectivity index (χ2n) is 4.43. The van der Waals surface area contributed by atoms with Gasteiger partial charge in [-0.25, -0.2) is 4.57 Å². The largest absolute Gasteiger partial charge is 0.495 e. The molecular formula is C15H11BrN2O2S. The van der Waals surface area contributed by atoms with Crippen LogP contribution in [0.1, 0.15) is 0 Å². The van der Waals surface area contributed by atoms with Gasteiger partial charge in [-0.15, -0.1) is 0 Å². The molecule has 106 valence electrons. The van der Waals surface area contributed by atoms with Crippen LogP contribution in [0.25, 0.3) is 16.6 Å². The molecule has 0 aliphatic rings. The predicted molar refractivity (Wildman–Crippen MR) is 89.0 cm³/mol. The summed E-state index contributed by atoms with van der Waals surface area (Å²) in [7, 11) is 1.56. The SMILES string of the molecule is COc1ccc(Br)cc1-n1c(=S)[nH]c2ccccc2c1=O. The van der Waals surface area contributed by atoms with E-state index >= 15 is 0 Å². The average Bonchev–Trinajstić information content (AvgIpc) is 2.47. The van der Waals surface area contributed by atoms with E-state index in [4.69, 9.17) is 17.0 Å². The summed E-state index contributed by atoms with van der Waals surface area (Å²) in [5.41, 5.74) is 1.15. The van der Waals surface area contributed by atoms with Crippen molar-refractivity contribution >= 4 is 39.1 Å². The smallest absolute Gasteiger partial charge is 0.266 e. The van der Waals surface area contributed by atoms with Gasteiger partial charge in [-0.1, -0.05) is 28.1 Å². The van der Waals surface area contributed by atoms with Crippen LogP contribution in [0.4, 0.5) is 0 Å². The fraction of sp³-hybridized carbons (Fsp3) is 0.0667. The number of aromatic nitrogens is 2. The van der Waals surface area contributed by atoms with Crippen molar-refractivity contribution in [2.75, 3.05) is 7.11 Å². The van der Waals surface area contributed by atoms with E-state index in [1.54, 1.807) is 25.3 Å². The molecule has 6 heteroatoms. The van der Waals surface area contributed by atoms with Gasteiger partial charge in [-0.2, -0.15) is 0 Å². The second-order valence-corrected chi connectivity index (χ2v) is 5.73. The molecule has 3 aromatic rings. The zero-order chi connectivity index (χ0) is 15.0. The number of para-hydroxylation sites is 1. The van der Waals surface area contributed by atoms with Gasteiger partial charge in [0.25, 0.3) is 5.56 Å². The molecule has 0 aliphatic carbocycles. The van der Waals surface area contributed by atoms with E-state index < -0.39 is 0 Å². The molecule has 4 nitrogen and oxygen atoms in total. The van der Waals surface area contributed by atoms with E-state index in [9.17, 15) is 4.79 Å². The van der Waals surface area contributed by atoms with E-state index in [-0.39, 0.29) is 5.56 Å². The third-order valence-electron chi connectivity index (χ3n) is 3.19. The molecule has 2 aromatic carbocycles. The molecule has 0 radical (unpaired) electrons. The number of halogens is 1. The lowest BCUT2D eigenvalue weighted by Gasteiger charge is -2.12. The van der Waals surface area contributed by atoms with Crippen LogP contribution >= 0.6 is 28.1 Å². The van der Waals surface area contributed by atoms with E-state index in [1.807, 2.05) is 24.3 Å². The number of aromatic amines is 1. The van der Waals surface area contributed by atoms with Crippen LogP contribution in [-0.4, -0.2) is 16.7 Å². The third kappa shape index (κ3) is 2.41. The molecule has 0 aliphatic heterocycles. The number of ether oxygens (including phenoxy) is 1. The molecule has 21 heavy (non-hydrogen) atoms. The normalized spacial score (nSPS) is 10.8. The summed E-state index contributed by atoms with van der Waals surface area (Å²) in [5.74, 6) is 0.579. The van der Waals surface area contributed by atoms with E-state index in [0.29, 0.717) is 21.6 Å². The van der Waals surface area contributed by atoms with Gasteiger partial charge in [-0.3, -0.25) is 4.79 Å². The Balaban J connectivity index is 2.44. The van der Waals surface area contributed by atoms with Crippen molar-refractivity contribution < 1.29 is 4.74 Å². The van der Waals surface area contributed by atoms with Gasteiger partial charge in [0.05, 0.1) is 23.7 Å². The number of benzene rings is 2. The number of rotatable bonds is 2. The molecule has 1 aromatic heterocycles. The number of methoxy groups -OCH3 is 1. The van der Waals surface area contributed by atoms with Crippen molar-refractivity contribution in [3.05, 3.63) is 62.1 Å². The number of nitrogens with one attached hydrogen (secondary N) is 1. The summed E-state index contributed by atoms with van der Waals surface area (Å²) in [6, 6.07) is 12.7. The highest BCUT2D eigenvalue weighted by atomic mass is 79.9. The summed E-state index contributed by atoms with van der Waals surface area (Å²) in [4.78, 5) is 15.8. The standard InChI is InChI=1S/C15H11BrN2O2S/c1-20-13-7-6-9(16)8-12(13)18-14(19)10-4-2-3-5-11(10)17-15(18)21/h2-8H,1H3,(H,17,21). The Kier molecular flexibility index (Phi) is 3.65. The quantitative estimate of drug-likeness (QED) is 0.705. The zero-order valence-corrected chi connectivity index (χ0v) is 13.5. The van der Waals surface area contributed by atoms with Crippen LogP contribution in [0.3, 0.4) is 0 Å². The van der Waals surface area contributed by atoms with Crippen LogP contribution in [0.5, 0.6) is 5.75 Å². The minimum Gasteiger partial charge on any atom is -0.495 e. The maximum absolute atomic E-state index is 12.7. The Hall–Kier alpha value is -1.92. The highest BCUT2D eigenvalue weighted by molar-refractivity contribution is 9.10. The first-order valence-corrected chi connectivity index (χ1v) is 7.40. The summed E-state index contributed by atoms with van der Waals surface area (Å²) >= 11 is 8.74. The topological polar surface area (TPSA) is 47.0 Å². The minimum absolute atomic E-state index is 0.175. The number of nitrogens with zero attached hydrogens (tertiary/aromatic N) is 1. The summed E-state index contributed by atoms with van der Waals surface area (Å²) in [6.07, 6.45) is 0. The molecule has 0 amide bonds. The van der Waals surface area contributed by atoms with Crippen molar-refractivity contribution in [2.45, 2.75) is 0 Å². The Morgan fingerprint density at radius 1 is 1.24 bits per heavy atom. The van der Waals surface area contributed by atoms with Crippen molar-refractivity contribution in [3.8, 4) is 11.4 Å². The Bertz CT molecular complexity index is 946. The maximum Gasteiger partial charge on any atom is 0.266 e. The second kappa shape index (κ2) is 5.46. The highest BCUT2D eigenvalue weighted by Crippen LogP contribution is 2.26. The lowest BCUT2D eigenvalue weighted by atomic mass is 10.2. The lowest BCUT2D eigenvalue weighted by Crippen LogP contribution is -2.21. The number of fused-ring (bicyclic) bond motifs is 1. The van der Waals surface area contributed by atoms with Gasteiger partial charge in [0.2, 0.25) is 0 Å². The number of hydrogen-bond donors (Lipinski definition) is 1. The number of H-pyrrole nitrogens is 1. The summed E-state index contributed by atoms with van der Waals surface area (Å²) < 4.78 is 7.95. The van der Waals surface area contributed by atoms with Crippen molar-refractivity contribution in [2.24, 2.45) is 0 Å². The molecule has 0 saturated carbocycles. The molecule has 0 atom stereocenters. The molecule has 0 saturated heterocycles. The molecule has 0 unspecified atom stereocenters. The van der Waals surface area contributed by atoms with Crippen LogP contribution in [0.15, 0.2) is 51.7 Å². The van der Waals surface area contributed by atoms with Crippen LogP contribution in [0.2, 0.25) is 0 Å². The summed E-state index contributed by atoms with van der Waals surface area (Å²) in [5, 5.41) is 0.577. The highest BCUT2D eigenvalue weighted by Gasteiger charge is 2.12. The third-order valence-corrected chi connectivity index (χ3v) is 3.96. The van der Waals surface area contributed by atoms with Crippen LogP contribution in [0, 0.1) is 4.77 Å². The van der Waals surface area contributed by atoms with E-state index in [1.165, 1.54) is 4.57 Å². The first kappa shape index (κ1) is 14.0. The van der Waals surface area contributed by atoms with Gasteiger partial charge in [-0.05, 0) is 42.5 Å². The minimum atomic E-state index is -0.175. The fourth-order valence-electron chi connectivity index (χ4n) is 2.22. The molecular weight excluding hydrogens is 352 g/mol. The van der Waals surface area contributed by atoms with Crippen LogP contribution < -0.4 is 10.3 Å². The van der Waals surface area contributed by atoms with Gasteiger partial charge in [0.1, 0.15) is 5.75 Å². The molecule has 1 N–H and O–H groups in total. The predicted octanol–water partition coefficient (Wildman–Crippen LogP) is 3.82. The van der Waals surface area contributed by atoms with Crippen LogP contribution in [-0.2, 0) is 0 Å². The first-order chi connectivity index (χ1) is 10.1. The molecule has 3 rings (SSSR count). The maximum atomic E-state index is 12.7. The Morgan fingerprint density at radius 3 is 2.76 bits per heavy atom. The fourth-order valence-corrected chi connectivity index (χ4v) is 2.86. The Labute approximate surface area is 134 Å². The summed E-state index contributed by atoms with van der Waals surface area (Å²) in [6.45, 7) is 0. The van der Waals surface area contributed by atoms with Gasteiger partial charge in [0.15, 0.2) is 4.77 Å². The molecule has 0 spiro atoms. The van der Waals surface area contributed by atoms with E-state index in [2.05, 4.69) is 20.9 Å². The van der Waals surface area contributed by atoms with Gasteiger partial charge >= 0.3 is 0 Å². The lowest BCUT2D eigenvalue weighted by molar-refractivity contribution is 0.412. The molecule has 1 heterocycles. The van der Waals surface area contributed by atoms with Gasteiger partial charge < -0.3 is 9.72 Å². The molecule has 0 fully saturated rings. The van der Waals surface area contributed by atoms with E-state index in [0.717, 1.165) is 9.99 Å². The van der Waals surface area contributed by atoms with Crippen molar-refractivity contribution in [3.63, 3.8) is 0 Å². The molecule has 0 bridgehead atoms. The average molecular weight is 363 g/mol. The van der Waals surface area contributed by atoms with Crippen molar-refractivity contribution in [1.29, 1.82) is 0 Å². The van der Waals surface area contributed by atoms with Gasteiger partial charge in [0, 0.05) is 4.47 Å². The first-order valence-electron chi connectivity index (χ1n) is 6.20. The zero-order valence-electron chi connectivity index (χ0n) is 11.1. The number of hydrogen-bond acceptors (Lipinski definition) is 3.